The Morgan fingerprint density at radius 2 is 0.688 bits per heavy atom. The first-order valence-corrected chi connectivity index (χ1v) is 15.9. The molecule has 0 aliphatic heterocycles. The second-order valence-electron chi connectivity index (χ2n) is 11.9. The minimum absolute atomic E-state index is 0.354. The Balaban J connectivity index is 1.29. The van der Waals surface area contributed by atoms with Crippen molar-refractivity contribution in [3.05, 3.63) is 169 Å². The van der Waals surface area contributed by atoms with Crippen LogP contribution in [0.3, 0.4) is 0 Å². The molecule has 0 fully saturated rings. The van der Waals surface area contributed by atoms with Crippen molar-refractivity contribution in [1.29, 1.82) is 10.5 Å². The van der Waals surface area contributed by atoms with Gasteiger partial charge in [0.1, 0.15) is 12.1 Å². The monoisotopic (exact) mass is 610 g/mol. The Labute approximate surface area is 277 Å². The maximum atomic E-state index is 10.7. The second kappa shape index (κ2) is 10.9. The predicted octanol–water partition coefficient (Wildman–Crippen LogP) is 11.0. The predicted molar refractivity (Wildman–Crippen MR) is 195 cm³/mol. The van der Waals surface area contributed by atoms with E-state index >= 15 is 0 Å². The maximum absolute atomic E-state index is 10.7. The molecule has 48 heavy (non-hydrogen) atoms. The first kappa shape index (κ1) is 27.4. The van der Waals surface area contributed by atoms with Gasteiger partial charge in [0, 0.05) is 32.7 Å². The molecule has 0 aliphatic carbocycles. The lowest BCUT2D eigenvalue weighted by Crippen LogP contribution is -2.02. The summed E-state index contributed by atoms with van der Waals surface area (Å²) in [5, 5.41) is 26.0. The number of benzene rings is 7. The Morgan fingerprint density at radius 1 is 0.312 bits per heavy atom. The molecule has 0 amide bonds. The van der Waals surface area contributed by atoms with Crippen LogP contribution in [0.2, 0.25) is 0 Å². The number of para-hydroxylation sites is 5. The SMILES string of the molecule is N#Cc1c(-c2ccccc2-c2ccccc2-n2c3ccccc3c3ccccc32)ccc(-n2c3ccccc3c3ccccc32)c1C#N. The number of aromatic nitrogens is 2. The van der Waals surface area contributed by atoms with Crippen LogP contribution in [0.1, 0.15) is 11.1 Å². The Hall–Kier alpha value is -6.88. The van der Waals surface area contributed by atoms with Crippen LogP contribution in [-0.2, 0) is 0 Å². The number of fused-ring (bicyclic) bond motifs is 6. The first-order chi connectivity index (χ1) is 23.8. The number of rotatable bonds is 4. The third kappa shape index (κ3) is 3.94. The van der Waals surface area contributed by atoms with Crippen LogP contribution >= 0.6 is 0 Å². The quantitative estimate of drug-likeness (QED) is 0.199. The lowest BCUT2D eigenvalue weighted by molar-refractivity contribution is 1.16. The second-order valence-corrected chi connectivity index (χ2v) is 11.9. The van der Waals surface area contributed by atoms with Gasteiger partial charge in [-0.2, -0.15) is 10.5 Å². The fourth-order valence-electron chi connectivity index (χ4n) is 7.45. The zero-order chi connectivity index (χ0) is 32.2. The summed E-state index contributed by atoms with van der Waals surface area (Å²) in [5.41, 5.74) is 10.3. The fourth-order valence-corrected chi connectivity index (χ4v) is 7.45. The van der Waals surface area contributed by atoms with Gasteiger partial charge >= 0.3 is 0 Å². The summed E-state index contributed by atoms with van der Waals surface area (Å²) in [4.78, 5) is 0. The molecule has 9 aromatic rings. The summed E-state index contributed by atoms with van der Waals surface area (Å²) in [5.74, 6) is 0. The average Bonchev–Trinajstić information content (AvgIpc) is 3.67. The first-order valence-electron chi connectivity index (χ1n) is 15.9. The van der Waals surface area contributed by atoms with Crippen molar-refractivity contribution >= 4 is 43.6 Å². The van der Waals surface area contributed by atoms with Gasteiger partial charge in [0.15, 0.2) is 0 Å². The molecule has 2 heterocycles. The van der Waals surface area contributed by atoms with E-state index in [9.17, 15) is 10.5 Å². The van der Waals surface area contributed by atoms with Gasteiger partial charge in [0.2, 0.25) is 0 Å². The highest BCUT2D eigenvalue weighted by atomic mass is 15.0. The van der Waals surface area contributed by atoms with Crippen LogP contribution in [0.4, 0.5) is 0 Å². The van der Waals surface area contributed by atoms with E-state index < -0.39 is 0 Å². The van der Waals surface area contributed by atoms with E-state index in [1.807, 2.05) is 48.5 Å². The van der Waals surface area contributed by atoms with Gasteiger partial charge in [-0.25, -0.2) is 0 Å². The smallest absolute Gasteiger partial charge is 0.103 e. The molecule has 222 valence electrons. The summed E-state index contributed by atoms with van der Waals surface area (Å²) >= 11 is 0. The van der Waals surface area contributed by atoms with Gasteiger partial charge in [0.25, 0.3) is 0 Å². The van der Waals surface area contributed by atoms with Gasteiger partial charge in [-0.15, -0.1) is 0 Å². The Bertz CT molecular complexity index is 2710. The molecule has 2 aromatic heterocycles. The zero-order valence-corrected chi connectivity index (χ0v) is 25.8. The number of nitriles is 2. The van der Waals surface area contributed by atoms with E-state index in [1.54, 1.807) is 0 Å². The molecular formula is C44H26N4. The molecule has 7 aromatic carbocycles. The highest BCUT2D eigenvalue weighted by Gasteiger charge is 2.22. The zero-order valence-electron chi connectivity index (χ0n) is 25.8. The molecule has 0 saturated carbocycles. The fraction of sp³-hybridized carbons (Fsp3) is 0. The molecule has 4 heteroatoms. The third-order valence-electron chi connectivity index (χ3n) is 9.46. The van der Waals surface area contributed by atoms with E-state index in [4.69, 9.17) is 0 Å². The average molecular weight is 611 g/mol. The Morgan fingerprint density at radius 3 is 1.17 bits per heavy atom. The van der Waals surface area contributed by atoms with Crippen LogP contribution in [0.5, 0.6) is 0 Å². The van der Waals surface area contributed by atoms with Crippen molar-refractivity contribution in [3.63, 3.8) is 0 Å². The van der Waals surface area contributed by atoms with E-state index in [2.05, 4.69) is 130 Å². The normalized spacial score (nSPS) is 11.3. The molecule has 0 atom stereocenters. The van der Waals surface area contributed by atoms with Gasteiger partial charge in [-0.05, 0) is 47.5 Å². The van der Waals surface area contributed by atoms with E-state index in [0.29, 0.717) is 16.8 Å². The van der Waals surface area contributed by atoms with Crippen LogP contribution in [0.25, 0.3) is 77.2 Å². The molecule has 0 spiro atoms. The van der Waals surface area contributed by atoms with Gasteiger partial charge in [-0.1, -0.05) is 121 Å². The summed E-state index contributed by atoms with van der Waals surface area (Å²) in [6.07, 6.45) is 0. The number of hydrogen-bond acceptors (Lipinski definition) is 2. The van der Waals surface area contributed by atoms with Crippen molar-refractivity contribution in [1.82, 2.24) is 9.13 Å². The minimum Gasteiger partial charge on any atom is -0.309 e. The van der Waals surface area contributed by atoms with Crippen molar-refractivity contribution in [2.75, 3.05) is 0 Å². The number of hydrogen-bond donors (Lipinski definition) is 0. The summed E-state index contributed by atoms with van der Waals surface area (Å²) in [6, 6.07) is 58.9. The topological polar surface area (TPSA) is 57.4 Å². The summed E-state index contributed by atoms with van der Waals surface area (Å²) in [6.45, 7) is 0. The van der Waals surface area contributed by atoms with Crippen molar-refractivity contribution < 1.29 is 0 Å². The molecule has 4 nitrogen and oxygen atoms in total. The van der Waals surface area contributed by atoms with Gasteiger partial charge in [0.05, 0.1) is 44.6 Å². The maximum Gasteiger partial charge on any atom is 0.103 e. The molecule has 9 rings (SSSR count). The van der Waals surface area contributed by atoms with E-state index in [-0.39, 0.29) is 0 Å². The van der Waals surface area contributed by atoms with E-state index in [0.717, 1.165) is 60.8 Å². The number of nitrogens with zero attached hydrogens (tertiary/aromatic N) is 4. The third-order valence-corrected chi connectivity index (χ3v) is 9.46. The summed E-state index contributed by atoms with van der Waals surface area (Å²) in [7, 11) is 0. The lowest BCUT2D eigenvalue weighted by atomic mass is 9.89. The molecule has 0 saturated heterocycles. The standard InChI is InChI=1S/C44H26N4/c45-27-37-31(25-26-44(38(37)28-46)48-42-23-11-6-18-35(42)36-19-7-12-24-43(36)48)29-13-1-2-14-30(29)32-15-3-8-20-39(32)47-40-21-9-4-16-33(40)34-17-5-10-22-41(34)47/h1-26H. The molecule has 0 radical (unpaired) electrons. The van der Waals surface area contributed by atoms with Crippen LogP contribution < -0.4 is 0 Å². The van der Waals surface area contributed by atoms with Crippen molar-refractivity contribution in [2.24, 2.45) is 0 Å². The van der Waals surface area contributed by atoms with Crippen LogP contribution in [-0.4, -0.2) is 9.13 Å². The summed E-state index contributed by atoms with van der Waals surface area (Å²) < 4.78 is 4.44. The van der Waals surface area contributed by atoms with Gasteiger partial charge in [-0.3, -0.25) is 0 Å². The van der Waals surface area contributed by atoms with E-state index in [1.165, 1.54) is 10.8 Å². The van der Waals surface area contributed by atoms with Crippen molar-refractivity contribution in [2.45, 2.75) is 0 Å². The minimum atomic E-state index is 0.354. The van der Waals surface area contributed by atoms with Gasteiger partial charge < -0.3 is 9.13 Å². The highest BCUT2D eigenvalue weighted by Crippen LogP contribution is 2.42. The van der Waals surface area contributed by atoms with Crippen LogP contribution in [0.15, 0.2) is 158 Å². The molecule has 0 N–H and O–H groups in total. The van der Waals surface area contributed by atoms with Crippen molar-refractivity contribution in [3.8, 4) is 45.8 Å². The Kier molecular flexibility index (Phi) is 6.22. The molecule has 0 bridgehead atoms. The molecule has 0 unspecified atom stereocenters. The molecular weight excluding hydrogens is 585 g/mol. The largest absolute Gasteiger partial charge is 0.309 e. The molecule has 0 aliphatic rings. The highest BCUT2D eigenvalue weighted by molar-refractivity contribution is 6.11. The lowest BCUT2D eigenvalue weighted by Gasteiger charge is -2.18. The van der Waals surface area contributed by atoms with Crippen LogP contribution in [0, 0.1) is 22.7 Å².